The SMILES string of the molecule is CCOC(=O)c1ccc2nc(N[C@@](NC(=O)c3ccc(Cl)cc3Cl)(C(=O)OC)C(F)(F)F)sc2c1. The Bertz CT molecular complexity index is 1300. The molecule has 3 aromatic rings. The molecule has 2 N–H and O–H groups in total. The molecule has 35 heavy (non-hydrogen) atoms. The van der Waals surface area contributed by atoms with E-state index in [0.717, 1.165) is 19.2 Å². The number of alkyl halides is 3. The molecule has 0 spiro atoms. The van der Waals surface area contributed by atoms with Gasteiger partial charge in [0, 0.05) is 5.02 Å². The van der Waals surface area contributed by atoms with Crippen molar-refractivity contribution in [2.75, 3.05) is 19.0 Å². The van der Waals surface area contributed by atoms with Gasteiger partial charge in [0.25, 0.3) is 5.91 Å². The standard InChI is InChI=1S/C21H16Cl2F3N3O5S/c1-3-34-17(31)10-4-7-14-15(8-10)35-19(27-14)29-20(18(32)33-2,21(24,25)26)28-16(30)12-6-5-11(22)9-13(12)23/h4-9H,3H2,1-2H3,(H,27,29)(H,28,30)/t20-/m0/s1. The summed E-state index contributed by atoms with van der Waals surface area (Å²) in [7, 11) is 0.732. The van der Waals surface area contributed by atoms with Crippen LogP contribution in [0, 0.1) is 0 Å². The second-order valence-corrected chi connectivity index (χ2v) is 8.74. The highest BCUT2D eigenvalue weighted by Gasteiger charge is 2.64. The van der Waals surface area contributed by atoms with Crippen LogP contribution < -0.4 is 10.6 Å². The van der Waals surface area contributed by atoms with Gasteiger partial charge >= 0.3 is 23.8 Å². The van der Waals surface area contributed by atoms with Gasteiger partial charge in [-0.25, -0.2) is 14.6 Å². The zero-order valence-corrected chi connectivity index (χ0v) is 20.3. The number of amides is 1. The Morgan fingerprint density at radius 3 is 2.43 bits per heavy atom. The van der Waals surface area contributed by atoms with Gasteiger partial charge in [-0.05, 0) is 43.3 Å². The lowest BCUT2D eigenvalue weighted by atomic mass is 10.1. The molecular weight excluding hydrogens is 534 g/mol. The monoisotopic (exact) mass is 549 g/mol. The molecule has 0 radical (unpaired) electrons. The van der Waals surface area contributed by atoms with Crippen LogP contribution in [0.15, 0.2) is 36.4 Å². The number of benzene rings is 2. The molecule has 0 aliphatic carbocycles. The molecule has 0 saturated heterocycles. The van der Waals surface area contributed by atoms with E-state index in [-0.39, 0.29) is 38.4 Å². The third-order valence-electron chi connectivity index (χ3n) is 4.59. The molecule has 186 valence electrons. The molecule has 0 aliphatic rings. The molecule has 14 heteroatoms. The number of aromatic nitrogens is 1. The van der Waals surface area contributed by atoms with Crippen LogP contribution in [0.2, 0.25) is 10.0 Å². The summed E-state index contributed by atoms with van der Waals surface area (Å²) >= 11 is 12.4. The van der Waals surface area contributed by atoms with E-state index in [2.05, 4.69) is 9.72 Å². The van der Waals surface area contributed by atoms with Crippen molar-refractivity contribution in [2.45, 2.75) is 18.8 Å². The summed E-state index contributed by atoms with van der Waals surface area (Å²) < 4.78 is 52.6. The maximum atomic E-state index is 14.3. The number of esters is 2. The van der Waals surface area contributed by atoms with Crippen LogP contribution in [0.3, 0.4) is 0 Å². The highest BCUT2D eigenvalue weighted by Crippen LogP contribution is 2.36. The van der Waals surface area contributed by atoms with Crippen LogP contribution in [-0.4, -0.2) is 48.4 Å². The van der Waals surface area contributed by atoms with E-state index >= 15 is 0 Å². The molecule has 0 bridgehead atoms. The molecule has 3 rings (SSSR count). The molecule has 0 aliphatic heterocycles. The van der Waals surface area contributed by atoms with E-state index in [0.29, 0.717) is 16.0 Å². The van der Waals surface area contributed by atoms with Crippen molar-refractivity contribution < 1.29 is 37.0 Å². The molecule has 0 saturated carbocycles. The maximum Gasteiger partial charge on any atom is 0.442 e. The van der Waals surface area contributed by atoms with Gasteiger partial charge < -0.3 is 20.1 Å². The Kier molecular flexibility index (Phi) is 7.77. The largest absolute Gasteiger partial charge is 0.466 e. The molecule has 1 heterocycles. The molecular formula is C21H16Cl2F3N3O5S. The van der Waals surface area contributed by atoms with Gasteiger partial charge in [0.05, 0.1) is 40.1 Å². The summed E-state index contributed by atoms with van der Waals surface area (Å²) in [4.78, 5) is 41.2. The van der Waals surface area contributed by atoms with Crippen molar-refractivity contribution in [2.24, 2.45) is 0 Å². The number of anilines is 1. The van der Waals surface area contributed by atoms with Crippen molar-refractivity contribution in [3.05, 3.63) is 57.6 Å². The fraction of sp³-hybridized carbons (Fsp3) is 0.238. The Morgan fingerprint density at radius 2 is 1.83 bits per heavy atom. The van der Waals surface area contributed by atoms with E-state index in [9.17, 15) is 27.6 Å². The van der Waals surface area contributed by atoms with E-state index in [1.165, 1.54) is 24.3 Å². The number of nitrogens with one attached hydrogen (secondary N) is 2. The summed E-state index contributed by atoms with van der Waals surface area (Å²) in [5.41, 5.74) is -3.69. The molecule has 8 nitrogen and oxygen atoms in total. The number of carbonyl (C=O) groups excluding carboxylic acids is 3. The predicted molar refractivity (Wildman–Crippen MR) is 124 cm³/mol. The first-order valence-corrected chi connectivity index (χ1v) is 11.3. The predicted octanol–water partition coefficient (Wildman–Crippen LogP) is 5.05. The Hall–Kier alpha value is -3.09. The minimum Gasteiger partial charge on any atom is -0.466 e. The second kappa shape index (κ2) is 10.3. The Balaban J connectivity index is 2.04. The first-order valence-electron chi connectivity index (χ1n) is 9.70. The van der Waals surface area contributed by atoms with Crippen molar-refractivity contribution in [3.8, 4) is 0 Å². The fourth-order valence-electron chi connectivity index (χ4n) is 2.94. The first kappa shape index (κ1) is 26.5. The van der Waals surface area contributed by atoms with E-state index < -0.39 is 29.7 Å². The molecule has 0 unspecified atom stereocenters. The van der Waals surface area contributed by atoms with Crippen LogP contribution in [0.4, 0.5) is 18.3 Å². The van der Waals surface area contributed by atoms with E-state index in [1.54, 1.807) is 12.2 Å². The van der Waals surface area contributed by atoms with Gasteiger partial charge in [-0.3, -0.25) is 4.79 Å². The number of halogens is 5. The van der Waals surface area contributed by atoms with E-state index in [4.69, 9.17) is 27.9 Å². The number of methoxy groups -OCH3 is 1. The highest BCUT2D eigenvalue weighted by molar-refractivity contribution is 7.22. The van der Waals surface area contributed by atoms with Gasteiger partial charge in [-0.2, -0.15) is 13.2 Å². The number of thiazole rings is 1. The highest BCUT2D eigenvalue weighted by atomic mass is 35.5. The second-order valence-electron chi connectivity index (χ2n) is 6.86. The van der Waals surface area contributed by atoms with Gasteiger partial charge in [-0.15, -0.1) is 0 Å². The van der Waals surface area contributed by atoms with Crippen molar-refractivity contribution in [1.29, 1.82) is 0 Å². The van der Waals surface area contributed by atoms with Gasteiger partial charge in [0.15, 0.2) is 5.13 Å². The van der Waals surface area contributed by atoms with Gasteiger partial charge in [-0.1, -0.05) is 34.5 Å². The molecule has 1 amide bonds. The Labute approximate surface area is 210 Å². The minimum absolute atomic E-state index is 0.136. The topological polar surface area (TPSA) is 107 Å². The van der Waals surface area contributed by atoms with Gasteiger partial charge in [0.2, 0.25) is 0 Å². The van der Waals surface area contributed by atoms with Crippen molar-refractivity contribution >= 4 is 67.7 Å². The summed E-state index contributed by atoms with van der Waals surface area (Å²) in [6, 6.07) is 7.70. The lowest BCUT2D eigenvalue weighted by Crippen LogP contribution is -2.69. The normalized spacial score (nSPS) is 13.1. The third-order valence-corrected chi connectivity index (χ3v) is 6.07. The Morgan fingerprint density at radius 1 is 1.11 bits per heavy atom. The zero-order chi connectivity index (χ0) is 26.0. The van der Waals surface area contributed by atoms with E-state index in [1.807, 2.05) is 5.32 Å². The third kappa shape index (κ3) is 5.44. The summed E-state index contributed by atoms with van der Waals surface area (Å²) in [5, 5.41) is 3.15. The summed E-state index contributed by atoms with van der Waals surface area (Å²) in [5.74, 6) is -3.80. The number of hydrogen-bond acceptors (Lipinski definition) is 8. The fourth-order valence-corrected chi connectivity index (χ4v) is 4.39. The lowest BCUT2D eigenvalue weighted by Gasteiger charge is -2.34. The number of carbonyl (C=O) groups is 3. The maximum absolute atomic E-state index is 14.3. The molecule has 0 fully saturated rings. The average Bonchev–Trinajstić information content (AvgIpc) is 3.18. The van der Waals surface area contributed by atoms with Crippen LogP contribution in [0.25, 0.3) is 10.2 Å². The first-order chi connectivity index (χ1) is 16.4. The van der Waals surface area contributed by atoms with Gasteiger partial charge in [0.1, 0.15) is 0 Å². The number of hydrogen-bond donors (Lipinski definition) is 2. The summed E-state index contributed by atoms with van der Waals surface area (Å²) in [6.07, 6.45) is -5.39. The number of fused-ring (bicyclic) bond motifs is 1. The quantitative estimate of drug-likeness (QED) is 0.313. The van der Waals surface area contributed by atoms with Crippen LogP contribution in [0.5, 0.6) is 0 Å². The average molecular weight is 550 g/mol. The number of nitrogens with zero attached hydrogens (tertiary/aromatic N) is 1. The molecule has 2 aromatic carbocycles. The van der Waals surface area contributed by atoms with Crippen LogP contribution >= 0.6 is 34.5 Å². The molecule has 1 atom stereocenters. The van der Waals surface area contributed by atoms with Crippen LogP contribution in [0.1, 0.15) is 27.6 Å². The van der Waals surface area contributed by atoms with Crippen molar-refractivity contribution in [3.63, 3.8) is 0 Å². The molecule has 1 aromatic heterocycles. The number of ether oxygens (including phenoxy) is 2. The van der Waals surface area contributed by atoms with Crippen LogP contribution in [-0.2, 0) is 14.3 Å². The summed E-state index contributed by atoms with van der Waals surface area (Å²) in [6.45, 7) is 1.76. The smallest absolute Gasteiger partial charge is 0.442 e. The minimum atomic E-state index is -5.39. The zero-order valence-electron chi connectivity index (χ0n) is 18.0. The lowest BCUT2D eigenvalue weighted by molar-refractivity contribution is -0.203. The van der Waals surface area contributed by atoms with Crippen molar-refractivity contribution in [1.82, 2.24) is 10.3 Å². The number of rotatable bonds is 7.